The molecular weight excluding hydrogens is 592 g/mol. The van der Waals surface area contributed by atoms with Crippen molar-refractivity contribution in [3.05, 3.63) is 59.7 Å². The van der Waals surface area contributed by atoms with E-state index in [1.807, 2.05) is 30.3 Å². The molecule has 7 N–H and O–H groups in total. The number of carbonyl (C=O) groups is 4. The molecule has 0 spiro atoms. The van der Waals surface area contributed by atoms with Crippen LogP contribution in [0.3, 0.4) is 0 Å². The molecule has 1 fully saturated rings. The van der Waals surface area contributed by atoms with Crippen molar-refractivity contribution in [2.45, 2.75) is 75.9 Å². The molecule has 13 heteroatoms. The molecule has 46 heavy (non-hydrogen) atoms. The van der Waals surface area contributed by atoms with E-state index >= 15 is 0 Å². The Balaban J connectivity index is 1.79. The fourth-order valence-electron chi connectivity index (χ4n) is 5.58. The predicted octanol–water partition coefficient (Wildman–Crippen LogP) is 1.76. The second-order valence-electron chi connectivity index (χ2n) is 11.6. The summed E-state index contributed by atoms with van der Waals surface area (Å²) in [6.07, 6.45) is 3.16. The van der Waals surface area contributed by atoms with E-state index in [-0.39, 0.29) is 31.3 Å². The molecule has 1 saturated heterocycles. The van der Waals surface area contributed by atoms with Crippen LogP contribution in [0.25, 0.3) is 0 Å². The summed E-state index contributed by atoms with van der Waals surface area (Å²) in [6, 6.07) is 13.0. The van der Waals surface area contributed by atoms with Crippen LogP contribution >= 0.6 is 0 Å². The second-order valence-corrected chi connectivity index (χ2v) is 11.6. The van der Waals surface area contributed by atoms with Gasteiger partial charge < -0.3 is 41.6 Å². The van der Waals surface area contributed by atoms with Gasteiger partial charge in [0, 0.05) is 25.9 Å². The molecule has 0 radical (unpaired) electrons. The number of methoxy groups -OCH3 is 2. The molecule has 3 rings (SSSR count). The number of likely N-dealkylation sites (tertiary alicyclic amines) is 1. The molecule has 1 heterocycles. The van der Waals surface area contributed by atoms with Gasteiger partial charge in [-0.25, -0.2) is 4.79 Å². The molecule has 0 aliphatic carbocycles. The number of rotatable bonds is 17. The Hall–Kier alpha value is -4.81. The van der Waals surface area contributed by atoms with Crippen LogP contribution < -0.4 is 31.6 Å². The van der Waals surface area contributed by atoms with Crippen molar-refractivity contribution in [3.63, 3.8) is 0 Å². The van der Waals surface area contributed by atoms with Crippen LogP contribution in [0.1, 0.15) is 56.6 Å². The van der Waals surface area contributed by atoms with Gasteiger partial charge in [-0.15, -0.1) is 0 Å². The van der Waals surface area contributed by atoms with Crippen molar-refractivity contribution in [2.75, 3.05) is 27.3 Å². The van der Waals surface area contributed by atoms with Crippen LogP contribution in [-0.2, 0) is 32.0 Å². The van der Waals surface area contributed by atoms with E-state index < -0.39 is 35.4 Å². The summed E-state index contributed by atoms with van der Waals surface area (Å²) < 4.78 is 10.7. The number of benzene rings is 2. The number of aliphatic imine (C=N–C) groups is 1. The Labute approximate surface area is 269 Å². The summed E-state index contributed by atoms with van der Waals surface area (Å²) in [4.78, 5) is 58.4. The lowest BCUT2D eigenvalue weighted by Gasteiger charge is -2.34. The molecule has 3 atom stereocenters. The summed E-state index contributed by atoms with van der Waals surface area (Å²) in [5, 5.41) is 15.3. The third kappa shape index (κ3) is 10.1. The summed E-state index contributed by atoms with van der Waals surface area (Å²) in [6.45, 7) is 2.17. The first-order chi connectivity index (χ1) is 22.0. The van der Waals surface area contributed by atoms with Gasteiger partial charge in [0.25, 0.3) is 0 Å². The molecule has 2 aromatic carbocycles. The maximum atomic E-state index is 13.9. The van der Waals surface area contributed by atoms with Gasteiger partial charge in [0.1, 0.15) is 17.6 Å². The number of amides is 3. The van der Waals surface area contributed by atoms with Crippen molar-refractivity contribution in [1.82, 2.24) is 15.5 Å². The van der Waals surface area contributed by atoms with Crippen LogP contribution in [0.15, 0.2) is 53.5 Å². The van der Waals surface area contributed by atoms with E-state index in [2.05, 4.69) is 15.6 Å². The van der Waals surface area contributed by atoms with E-state index in [1.165, 1.54) is 21.1 Å². The fourth-order valence-corrected chi connectivity index (χ4v) is 5.58. The number of ether oxygens (including phenoxy) is 2. The van der Waals surface area contributed by atoms with Gasteiger partial charge >= 0.3 is 5.97 Å². The van der Waals surface area contributed by atoms with Gasteiger partial charge in [-0.3, -0.25) is 19.4 Å². The largest absolute Gasteiger partial charge is 0.493 e. The van der Waals surface area contributed by atoms with Gasteiger partial charge in [-0.1, -0.05) is 36.4 Å². The SMILES string of the molecule is COc1ccc(CC(C)(NC(=O)[C@@H]2CCCN2C(=O)CCCc2ccccc2)C(=O)N[C@@H](CCCN=C(N)N)C(=O)O)cc1OC. The number of hydrogen-bond acceptors (Lipinski definition) is 7. The Morgan fingerprint density at radius 1 is 1.04 bits per heavy atom. The quantitative estimate of drug-likeness (QED) is 0.0973. The topological polar surface area (TPSA) is 199 Å². The lowest BCUT2D eigenvalue weighted by molar-refractivity contribution is -0.144. The highest BCUT2D eigenvalue weighted by atomic mass is 16.5. The van der Waals surface area contributed by atoms with Crippen LogP contribution in [-0.4, -0.2) is 84.6 Å². The molecule has 250 valence electrons. The fraction of sp³-hybridized carbons (Fsp3) is 0.485. The minimum atomic E-state index is -1.59. The van der Waals surface area contributed by atoms with Gasteiger partial charge in [-0.05, 0) is 68.7 Å². The molecule has 0 saturated carbocycles. The summed E-state index contributed by atoms with van der Waals surface area (Å²) in [7, 11) is 2.99. The molecule has 3 amide bonds. The lowest BCUT2D eigenvalue weighted by Crippen LogP contribution is -2.63. The van der Waals surface area contributed by atoms with Crippen LogP contribution in [0.4, 0.5) is 0 Å². The van der Waals surface area contributed by atoms with Crippen molar-refractivity contribution >= 4 is 29.7 Å². The third-order valence-corrected chi connectivity index (χ3v) is 8.03. The summed E-state index contributed by atoms with van der Waals surface area (Å²) >= 11 is 0. The van der Waals surface area contributed by atoms with Crippen LogP contribution in [0.2, 0.25) is 0 Å². The summed E-state index contributed by atoms with van der Waals surface area (Å²) in [5.74, 6) is -1.72. The first-order valence-electron chi connectivity index (χ1n) is 15.4. The average molecular weight is 639 g/mol. The molecule has 0 bridgehead atoms. The zero-order valence-corrected chi connectivity index (χ0v) is 26.8. The lowest BCUT2D eigenvalue weighted by atomic mass is 9.90. The third-order valence-electron chi connectivity index (χ3n) is 8.03. The number of aryl methyl sites for hydroxylation is 1. The smallest absolute Gasteiger partial charge is 0.326 e. The zero-order chi connectivity index (χ0) is 33.7. The van der Waals surface area contributed by atoms with Crippen molar-refractivity contribution in [1.29, 1.82) is 0 Å². The highest BCUT2D eigenvalue weighted by molar-refractivity contribution is 5.96. The minimum absolute atomic E-state index is 0.00299. The molecule has 1 aliphatic heterocycles. The second kappa shape index (κ2) is 17.0. The number of aliphatic carboxylic acids is 1. The molecule has 1 unspecified atom stereocenters. The van der Waals surface area contributed by atoms with Gasteiger partial charge in [-0.2, -0.15) is 0 Å². The van der Waals surface area contributed by atoms with Crippen molar-refractivity contribution in [2.24, 2.45) is 16.5 Å². The average Bonchev–Trinajstić information content (AvgIpc) is 3.53. The highest BCUT2D eigenvalue weighted by Gasteiger charge is 2.42. The number of carboxylic acids is 1. The maximum Gasteiger partial charge on any atom is 0.326 e. The number of carboxylic acid groups (broad SMARTS) is 1. The number of nitrogens with two attached hydrogens (primary N) is 2. The Kier molecular flexibility index (Phi) is 13.2. The van der Waals surface area contributed by atoms with Crippen LogP contribution in [0, 0.1) is 0 Å². The number of hydrogen-bond donors (Lipinski definition) is 5. The van der Waals surface area contributed by atoms with Gasteiger partial charge in [0.05, 0.1) is 14.2 Å². The van der Waals surface area contributed by atoms with E-state index in [9.17, 15) is 24.3 Å². The van der Waals surface area contributed by atoms with Crippen LogP contribution in [0.5, 0.6) is 11.5 Å². The maximum absolute atomic E-state index is 13.9. The Morgan fingerprint density at radius 3 is 2.41 bits per heavy atom. The molecule has 13 nitrogen and oxygen atoms in total. The van der Waals surface area contributed by atoms with Crippen molar-refractivity contribution < 1.29 is 33.8 Å². The first kappa shape index (κ1) is 35.7. The molecule has 0 aromatic heterocycles. The van der Waals surface area contributed by atoms with E-state index in [4.69, 9.17) is 20.9 Å². The van der Waals surface area contributed by atoms with Crippen molar-refractivity contribution in [3.8, 4) is 11.5 Å². The number of guanidine groups is 1. The van der Waals surface area contributed by atoms with E-state index in [0.29, 0.717) is 55.7 Å². The number of nitrogens with one attached hydrogen (secondary N) is 2. The van der Waals surface area contributed by atoms with Gasteiger partial charge in [0.2, 0.25) is 17.7 Å². The van der Waals surface area contributed by atoms with E-state index in [1.54, 1.807) is 23.1 Å². The monoisotopic (exact) mass is 638 g/mol. The molecule has 2 aromatic rings. The van der Waals surface area contributed by atoms with Gasteiger partial charge in [0.15, 0.2) is 17.5 Å². The number of nitrogens with zero attached hydrogens (tertiary/aromatic N) is 2. The minimum Gasteiger partial charge on any atom is -0.493 e. The zero-order valence-electron chi connectivity index (χ0n) is 26.8. The highest BCUT2D eigenvalue weighted by Crippen LogP contribution is 2.30. The Bertz CT molecular complexity index is 1380. The molecular formula is C33H46N6O7. The first-order valence-corrected chi connectivity index (χ1v) is 15.4. The molecule has 1 aliphatic rings. The standard InChI is InChI=1S/C33H46N6O7/c1-33(21-23-16-17-26(45-2)27(20-23)46-3,31(44)37-24(30(42)43)13-8-18-36-32(34)35)38-29(41)25-14-9-19-39(25)28(40)15-7-12-22-10-5-4-6-11-22/h4-6,10-11,16-17,20,24-25H,7-9,12-15,18-19,21H2,1-3H3,(H,37,44)(H,38,41)(H,42,43)(H4,34,35,36)/t24-,25-,33?/m0/s1. The van der Waals surface area contributed by atoms with E-state index in [0.717, 1.165) is 12.0 Å². The normalized spacial score (nSPS) is 16.1. The summed E-state index contributed by atoms with van der Waals surface area (Å²) in [5.41, 5.74) is 10.9. The predicted molar refractivity (Wildman–Crippen MR) is 173 cm³/mol. The Morgan fingerprint density at radius 2 is 1.76 bits per heavy atom. The number of carbonyl (C=O) groups excluding carboxylic acids is 3.